The summed E-state index contributed by atoms with van der Waals surface area (Å²) in [4.78, 5) is 11.0. The lowest BCUT2D eigenvalue weighted by atomic mass is 9.99. The Morgan fingerprint density at radius 3 is 2.72 bits per heavy atom. The molecule has 0 bridgehead atoms. The third-order valence-electron chi connectivity index (χ3n) is 2.46. The van der Waals surface area contributed by atoms with Crippen molar-refractivity contribution in [1.82, 2.24) is 0 Å². The Kier molecular flexibility index (Phi) is 3.60. The van der Waals surface area contributed by atoms with Crippen molar-refractivity contribution in [3.63, 3.8) is 0 Å². The van der Waals surface area contributed by atoms with E-state index in [0.717, 1.165) is 4.88 Å². The summed E-state index contributed by atoms with van der Waals surface area (Å²) in [6, 6.07) is 10.3. The zero-order valence-corrected chi connectivity index (χ0v) is 10.6. The van der Waals surface area contributed by atoms with Crippen LogP contribution in [0, 0.1) is 21.4 Å². The second-order valence-corrected chi connectivity index (χ2v) is 4.93. The average molecular weight is 279 g/mol. The molecule has 1 unspecified atom stereocenters. The van der Waals surface area contributed by atoms with Gasteiger partial charge in [-0.15, -0.1) is 11.3 Å². The number of nitriles is 1. The molecule has 90 valence electrons. The summed E-state index contributed by atoms with van der Waals surface area (Å²) in [5.41, 5.74) is 0.513. The van der Waals surface area contributed by atoms with Crippen LogP contribution in [0.1, 0.15) is 16.4 Å². The van der Waals surface area contributed by atoms with E-state index in [-0.39, 0.29) is 10.7 Å². The standard InChI is InChI=1S/C12H7ClN2O2S/c13-10-6-8(3-4-11(10)15(16)17)9(7-14)12-2-1-5-18-12/h1-6,9H. The van der Waals surface area contributed by atoms with E-state index in [0.29, 0.717) is 5.56 Å². The predicted octanol–water partition coefficient (Wildman–Crippen LogP) is 3.97. The first-order valence-corrected chi connectivity index (χ1v) is 6.26. The lowest BCUT2D eigenvalue weighted by Gasteiger charge is -2.07. The molecule has 18 heavy (non-hydrogen) atoms. The quantitative estimate of drug-likeness (QED) is 0.630. The Bertz CT molecular complexity index is 620. The van der Waals surface area contributed by atoms with E-state index in [4.69, 9.17) is 11.6 Å². The highest BCUT2D eigenvalue weighted by Crippen LogP contribution is 2.32. The van der Waals surface area contributed by atoms with Crippen LogP contribution in [0.25, 0.3) is 0 Å². The summed E-state index contributed by atoms with van der Waals surface area (Å²) < 4.78 is 0. The Balaban J connectivity index is 2.43. The van der Waals surface area contributed by atoms with Gasteiger partial charge in [-0.25, -0.2) is 0 Å². The number of benzene rings is 1. The van der Waals surface area contributed by atoms with Crippen LogP contribution in [0.5, 0.6) is 0 Å². The fraction of sp³-hybridized carbons (Fsp3) is 0.0833. The van der Waals surface area contributed by atoms with E-state index < -0.39 is 10.8 Å². The van der Waals surface area contributed by atoms with Gasteiger partial charge in [0, 0.05) is 10.9 Å². The third-order valence-corrected chi connectivity index (χ3v) is 3.70. The molecule has 2 rings (SSSR count). The van der Waals surface area contributed by atoms with Crippen LogP contribution in [-0.4, -0.2) is 4.92 Å². The highest BCUT2D eigenvalue weighted by Gasteiger charge is 2.18. The van der Waals surface area contributed by atoms with Gasteiger partial charge in [-0.2, -0.15) is 5.26 Å². The van der Waals surface area contributed by atoms with Crippen LogP contribution in [0.15, 0.2) is 35.7 Å². The number of nitro benzene ring substituents is 1. The minimum atomic E-state index is -0.543. The van der Waals surface area contributed by atoms with E-state index >= 15 is 0 Å². The van der Waals surface area contributed by atoms with Gasteiger partial charge in [-0.3, -0.25) is 10.1 Å². The van der Waals surface area contributed by atoms with Crippen molar-refractivity contribution < 1.29 is 4.92 Å². The molecule has 4 nitrogen and oxygen atoms in total. The van der Waals surface area contributed by atoms with E-state index in [9.17, 15) is 15.4 Å². The highest BCUT2D eigenvalue weighted by atomic mass is 35.5. The van der Waals surface area contributed by atoms with Crippen molar-refractivity contribution in [2.45, 2.75) is 5.92 Å². The SMILES string of the molecule is N#CC(c1ccc([N+](=O)[O-])c(Cl)c1)c1cccs1. The normalized spacial score (nSPS) is 11.8. The van der Waals surface area contributed by atoms with Crippen LogP contribution >= 0.6 is 22.9 Å². The maximum atomic E-state index is 10.7. The van der Waals surface area contributed by atoms with Crippen LogP contribution in [0.4, 0.5) is 5.69 Å². The van der Waals surface area contributed by atoms with Gasteiger partial charge in [0.15, 0.2) is 0 Å². The number of rotatable bonds is 3. The first-order valence-electron chi connectivity index (χ1n) is 5.00. The Hall–Kier alpha value is -1.90. The highest BCUT2D eigenvalue weighted by molar-refractivity contribution is 7.10. The molecule has 1 aromatic heterocycles. The Morgan fingerprint density at radius 1 is 1.44 bits per heavy atom. The summed E-state index contributed by atoms with van der Waals surface area (Å²) in [5, 5.41) is 21.8. The molecule has 2 aromatic rings. The zero-order valence-electron chi connectivity index (χ0n) is 9.04. The molecule has 1 aromatic carbocycles. The van der Waals surface area contributed by atoms with Crippen LogP contribution in [0.2, 0.25) is 5.02 Å². The molecule has 1 atom stereocenters. The molecule has 0 aliphatic carbocycles. The molecular formula is C12H7ClN2O2S. The third kappa shape index (κ3) is 2.35. The monoisotopic (exact) mass is 278 g/mol. The minimum Gasteiger partial charge on any atom is -0.258 e. The molecule has 6 heteroatoms. The number of nitro groups is 1. The Morgan fingerprint density at radius 2 is 2.22 bits per heavy atom. The summed E-state index contributed by atoms with van der Waals surface area (Å²) in [5.74, 6) is -0.441. The molecule has 0 amide bonds. The van der Waals surface area contributed by atoms with Gasteiger partial charge >= 0.3 is 0 Å². The molecule has 0 saturated heterocycles. The molecule has 0 saturated carbocycles. The Labute approximate surface area is 112 Å². The van der Waals surface area contributed by atoms with E-state index in [1.807, 2.05) is 17.5 Å². The van der Waals surface area contributed by atoms with Crippen molar-refractivity contribution in [3.05, 3.63) is 61.3 Å². The van der Waals surface area contributed by atoms with Gasteiger partial charge < -0.3 is 0 Å². The van der Waals surface area contributed by atoms with Gasteiger partial charge in [-0.1, -0.05) is 23.7 Å². The fourth-order valence-corrected chi connectivity index (χ4v) is 2.66. The van der Waals surface area contributed by atoms with Gasteiger partial charge in [0.1, 0.15) is 10.9 Å². The van der Waals surface area contributed by atoms with Gasteiger partial charge in [-0.05, 0) is 23.1 Å². The minimum absolute atomic E-state index is 0.0503. The lowest BCUT2D eigenvalue weighted by molar-refractivity contribution is -0.384. The van der Waals surface area contributed by atoms with Crippen molar-refractivity contribution in [1.29, 1.82) is 5.26 Å². The summed E-state index contributed by atoms with van der Waals surface area (Å²) in [6.07, 6.45) is 0. The fourth-order valence-electron chi connectivity index (χ4n) is 1.61. The molecular weight excluding hydrogens is 272 g/mol. The number of hydrogen-bond acceptors (Lipinski definition) is 4. The van der Waals surface area contributed by atoms with Crippen LogP contribution in [-0.2, 0) is 0 Å². The average Bonchev–Trinajstić information content (AvgIpc) is 2.83. The topological polar surface area (TPSA) is 66.9 Å². The first kappa shape index (κ1) is 12.6. The number of thiophene rings is 1. The molecule has 0 spiro atoms. The number of hydrogen-bond donors (Lipinski definition) is 0. The van der Waals surface area contributed by atoms with Gasteiger partial charge in [0.25, 0.3) is 5.69 Å². The second-order valence-electron chi connectivity index (χ2n) is 3.55. The van der Waals surface area contributed by atoms with Crippen LogP contribution in [0.3, 0.4) is 0 Å². The number of nitrogens with zero attached hydrogens (tertiary/aromatic N) is 2. The summed E-state index contributed by atoms with van der Waals surface area (Å²) in [6.45, 7) is 0. The largest absolute Gasteiger partial charge is 0.287 e. The van der Waals surface area contributed by atoms with E-state index in [1.54, 1.807) is 6.07 Å². The second kappa shape index (κ2) is 5.17. The molecule has 0 radical (unpaired) electrons. The van der Waals surface area contributed by atoms with Crippen molar-refractivity contribution >= 4 is 28.6 Å². The lowest BCUT2D eigenvalue weighted by Crippen LogP contribution is -1.97. The maximum Gasteiger partial charge on any atom is 0.287 e. The molecule has 0 aliphatic rings. The van der Waals surface area contributed by atoms with Crippen molar-refractivity contribution in [2.75, 3.05) is 0 Å². The van der Waals surface area contributed by atoms with Gasteiger partial charge in [0.2, 0.25) is 0 Å². The van der Waals surface area contributed by atoms with Crippen LogP contribution < -0.4 is 0 Å². The first-order chi connectivity index (χ1) is 8.63. The molecule has 0 aliphatic heterocycles. The van der Waals surface area contributed by atoms with E-state index in [2.05, 4.69) is 6.07 Å². The van der Waals surface area contributed by atoms with Crippen molar-refractivity contribution in [2.24, 2.45) is 0 Å². The number of halogens is 1. The van der Waals surface area contributed by atoms with Crippen molar-refractivity contribution in [3.8, 4) is 6.07 Å². The molecule has 0 N–H and O–H groups in total. The van der Waals surface area contributed by atoms with Gasteiger partial charge in [0.05, 0.1) is 11.0 Å². The summed E-state index contributed by atoms with van der Waals surface area (Å²) >= 11 is 7.31. The molecule has 0 fully saturated rings. The summed E-state index contributed by atoms with van der Waals surface area (Å²) in [7, 11) is 0. The molecule has 1 heterocycles. The predicted molar refractivity (Wildman–Crippen MR) is 69.9 cm³/mol. The maximum absolute atomic E-state index is 10.7. The smallest absolute Gasteiger partial charge is 0.258 e. The van der Waals surface area contributed by atoms with E-state index in [1.165, 1.54) is 23.5 Å². The zero-order chi connectivity index (χ0) is 13.1.